The van der Waals surface area contributed by atoms with Crippen LogP contribution in [0, 0.1) is 0 Å². The lowest BCUT2D eigenvalue weighted by molar-refractivity contribution is 0.0300. The molecule has 1 aliphatic heterocycles. The van der Waals surface area contributed by atoms with Gasteiger partial charge >= 0.3 is 0 Å². The van der Waals surface area contributed by atoms with Crippen molar-refractivity contribution in [2.75, 3.05) is 33.4 Å². The van der Waals surface area contributed by atoms with Crippen LogP contribution >= 0.6 is 0 Å². The summed E-state index contributed by atoms with van der Waals surface area (Å²) in [4.78, 5) is 14.7. The number of sulfonamides is 1. The van der Waals surface area contributed by atoms with Crippen molar-refractivity contribution in [3.05, 3.63) is 59.2 Å². The zero-order chi connectivity index (χ0) is 21.1. The van der Waals surface area contributed by atoms with E-state index >= 15 is 0 Å². The fourth-order valence-electron chi connectivity index (χ4n) is 4.09. The van der Waals surface area contributed by atoms with E-state index in [2.05, 4.69) is 4.72 Å². The first-order valence-electron chi connectivity index (χ1n) is 10.1. The van der Waals surface area contributed by atoms with Gasteiger partial charge in [0.25, 0.3) is 5.91 Å². The number of carbonyl (C=O) groups excluding carboxylic acids is 1. The van der Waals surface area contributed by atoms with Crippen LogP contribution in [-0.4, -0.2) is 52.6 Å². The highest BCUT2D eigenvalue weighted by molar-refractivity contribution is 7.89. The predicted octanol–water partition coefficient (Wildman–Crippen LogP) is 2.52. The van der Waals surface area contributed by atoms with Crippen molar-refractivity contribution < 1.29 is 22.7 Å². The minimum atomic E-state index is -3.82. The Balaban J connectivity index is 1.62. The van der Waals surface area contributed by atoms with E-state index in [-0.39, 0.29) is 22.4 Å². The molecule has 1 unspecified atom stereocenters. The Hall–Kier alpha value is -2.42. The van der Waals surface area contributed by atoms with Crippen LogP contribution in [0.15, 0.2) is 47.4 Å². The second kappa shape index (κ2) is 8.75. The fraction of sp³-hybridized carbons (Fsp3) is 0.409. The lowest BCUT2D eigenvalue weighted by Crippen LogP contribution is -2.41. The molecule has 0 bridgehead atoms. The molecule has 1 saturated heterocycles. The normalized spacial score (nSPS) is 19.2. The number of carbonyl (C=O) groups is 1. The first kappa shape index (κ1) is 20.8. The zero-order valence-corrected chi connectivity index (χ0v) is 17.8. The van der Waals surface area contributed by atoms with E-state index in [1.54, 1.807) is 4.90 Å². The maximum absolute atomic E-state index is 13.2. The molecule has 30 heavy (non-hydrogen) atoms. The van der Waals surface area contributed by atoms with Gasteiger partial charge < -0.3 is 14.4 Å². The van der Waals surface area contributed by atoms with E-state index in [4.69, 9.17) is 9.47 Å². The maximum Gasteiger partial charge on any atom is 0.257 e. The van der Waals surface area contributed by atoms with E-state index in [1.807, 2.05) is 24.3 Å². The van der Waals surface area contributed by atoms with E-state index in [0.29, 0.717) is 32.1 Å². The lowest BCUT2D eigenvalue weighted by atomic mass is 9.88. The van der Waals surface area contributed by atoms with Crippen LogP contribution < -0.4 is 9.46 Å². The topological polar surface area (TPSA) is 84.9 Å². The SMILES string of the molecule is COc1ccc(S(=O)(=O)NC2CCCc3ccccc32)cc1C(=O)N1CCOCC1. The number of benzene rings is 2. The highest BCUT2D eigenvalue weighted by Crippen LogP contribution is 2.31. The van der Waals surface area contributed by atoms with Crippen molar-refractivity contribution in [3.8, 4) is 5.75 Å². The summed E-state index contributed by atoms with van der Waals surface area (Å²) in [6.45, 7) is 1.87. The molecule has 160 valence electrons. The van der Waals surface area contributed by atoms with Gasteiger partial charge in [-0.05, 0) is 48.6 Å². The molecular formula is C22H26N2O5S. The molecule has 1 N–H and O–H groups in total. The standard InChI is InChI=1S/C22H26N2O5S/c1-28-21-10-9-17(15-19(21)22(25)24-11-13-29-14-12-24)30(26,27)23-20-8-4-6-16-5-2-3-7-18(16)20/h2-3,5,7,9-10,15,20,23H,4,6,8,11-14H2,1H3. The summed E-state index contributed by atoms with van der Waals surface area (Å²) in [5.74, 6) is 0.101. The Kier molecular flexibility index (Phi) is 6.08. The average molecular weight is 431 g/mol. The Morgan fingerprint density at radius 1 is 1.17 bits per heavy atom. The van der Waals surface area contributed by atoms with Crippen LogP contribution in [-0.2, 0) is 21.2 Å². The number of rotatable bonds is 5. The molecule has 1 fully saturated rings. The number of hydrogen-bond acceptors (Lipinski definition) is 5. The smallest absolute Gasteiger partial charge is 0.257 e. The van der Waals surface area contributed by atoms with Gasteiger partial charge in [-0.3, -0.25) is 4.79 Å². The molecule has 0 spiro atoms. The van der Waals surface area contributed by atoms with Gasteiger partial charge in [0.2, 0.25) is 10.0 Å². The van der Waals surface area contributed by atoms with Crippen molar-refractivity contribution in [1.82, 2.24) is 9.62 Å². The van der Waals surface area contributed by atoms with E-state index in [9.17, 15) is 13.2 Å². The highest BCUT2D eigenvalue weighted by atomic mass is 32.2. The minimum Gasteiger partial charge on any atom is -0.496 e. The van der Waals surface area contributed by atoms with Gasteiger partial charge in [-0.2, -0.15) is 0 Å². The summed E-state index contributed by atoms with van der Waals surface area (Å²) in [5, 5.41) is 0. The van der Waals surface area contributed by atoms with Gasteiger partial charge in [-0.1, -0.05) is 24.3 Å². The number of morpholine rings is 1. The molecule has 1 heterocycles. The molecule has 4 rings (SSSR count). The third kappa shape index (κ3) is 4.21. The Morgan fingerprint density at radius 3 is 2.70 bits per heavy atom. The number of amides is 1. The summed E-state index contributed by atoms with van der Waals surface area (Å²) in [7, 11) is -2.35. The summed E-state index contributed by atoms with van der Waals surface area (Å²) in [6.07, 6.45) is 2.62. The summed E-state index contributed by atoms with van der Waals surface area (Å²) in [6, 6.07) is 12.1. The molecule has 0 aromatic heterocycles. The molecular weight excluding hydrogens is 404 g/mol. The molecule has 8 heteroatoms. The van der Waals surface area contributed by atoms with Crippen molar-refractivity contribution in [2.45, 2.75) is 30.2 Å². The molecule has 0 radical (unpaired) electrons. The molecule has 1 amide bonds. The average Bonchev–Trinajstić information content (AvgIpc) is 2.79. The largest absolute Gasteiger partial charge is 0.496 e. The second-order valence-corrected chi connectivity index (χ2v) is 9.25. The van der Waals surface area contributed by atoms with E-state index < -0.39 is 10.0 Å². The van der Waals surface area contributed by atoms with Crippen molar-refractivity contribution in [1.29, 1.82) is 0 Å². The molecule has 1 aliphatic carbocycles. The van der Waals surface area contributed by atoms with Gasteiger partial charge in [0.15, 0.2) is 0 Å². The molecule has 2 aromatic carbocycles. The second-order valence-electron chi connectivity index (χ2n) is 7.53. The molecule has 7 nitrogen and oxygen atoms in total. The first-order valence-corrected chi connectivity index (χ1v) is 11.6. The lowest BCUT2D eigenvalue weighted by Gasteiger charge is -2.28. The Bertz CT molecular complexity index is 1030. The fourth-order valence-corrected chi connectivity index (χ4v) is 5.37. The number of fused-ring (bicyclic) bond motifs is 1. The molecule has 0 saturated carbocycles. The highest BCUT2D eigenvalue weighted by Gasteiger charge is 2.28. The van der Waals surface area contributed by atoms with Crippen LogP contribution in [0.1, 0.15) is 40.4 Å². The number of aryl methyl sites for hydroxylation is 1. The third-order valence-corrected chi connectivity index (χ3v) is 7.15. The van der Waals surface area contributed by atoms with Gasteiger partial charge in [-0.25, -0.2) is 13.1 Å². The summed E-state index contributed by atoms with van der Waals surface area (Å²) >= 11 is 0. The van der Waals surface area contributed by atoms with Crippen LogP contribution in [0.2, 0.25) is 0 Å². The van der Waals surface area contributed by atoms with Crippen LogP contribution in [0.3, 0.4) is 0 Å². The van der Waals surface area contributed by atoms with Gasteiger partial charge in [0.1, 0.15) is 5.75 Å². The van der Waals surface area contributed by atoms with Gasteiger partial charge in [0, 0.05) is 19.1 Å². The Morgan fingerprint density at radius 2 is 1.93 bits per heavy atom. The van der Waals surface area contributed by atoms with Crippen molar-refractivity contribution >= 4 is 15.9 Å². The quantitative estimate of drug-likeness (QED) is 0.788. The molecule has 2 aliphatic rings. The third-order valence-electron chi connectivity index (χ3n) is 5.68. The number of nitrogens with one attached hydrogen (secondary N) is 1. The van der Waals surface area contributed by atoms with Crippen molar-refractivity contribution in [3.63, 3.8) is 0 Å². The number of hydrogen-bond donors (Lipinski definition) is 1. The molecule has 1 atom stereocenters. The predicted molar refractivity (Wildman–Crippen MR) is 112 cm³/mol. The van der Waals surface area contributed by atoms with Gasteiger partial charge in [-0.15, -0.1) is 0 Å². The minimum absolute atomic E-state index is 0.0583. The number of nitrogens with zero attached hydrogens (tertiary/aromatic N) is 1. The van der Waals surface area contributed by atoms with Crippen LogP contribution in [0.5, 0.6) is 5.75 Å². The number of ether oxygens (including phenoxy) is 2. The van der Waals surface area contributed by atoms with Crippen LogP contribution in [0.4, 0.5) is 0 Å². The van der Waals surface area contributed by atoms with E-state index in [0.717, 1.165) is 24.8 Å². The van der Waals surface area contributed by atoms with Crippen molar-refractivity contribution in [2.24, 2.45) is 0 Å². The van der Waals surface area contributed by atoms with Crippen LogP contribution in [0.25, 0.3) is 0 Å². The summed E-state index contributed by atoms with van der Waals surface area (Å²) < 4.78 is 39.8. The first-order chi connectivity index (χ1) is 14.5. The summed E-state index contributed by atoms with van der Waals surface area (Å²) in [5.41, 5.74) is 2.44. The monoisotopic (exact) mass is 430 g/mol. The maximum atomic E-state index is 13.2. The number of methoxy groups -OCH3 is 1. The van der Waals surface area contributed by atoms with Gasteiger partial charge in [0.05, 0.1) is 30.8 Å². The molecule has 2 aromatic rings. The zero-order valence-electron chi connectivity index (χ0n) is 17.0. The van der Waals surface area contributed by atoms with E-state index in [1.165, 1.54) is 30.9 Å². The Labute approximate surface area is 177 Å².